The third kappa shape index (κ3) is 4.01. The first-order valence-electron chi connectivity index (χ1n) is 9.80. The molecule has 3 N–H and O–H groups in total. The predicted octanol–water partition coefficient (Wildman–Crippen LogP) is 6.21. The largest absolute Gasteiger partial charge is 0.478 e. The lowest BCUT2D eigenvalue weighted by Crippen LogP contribution is -2.11. The molecule has 0 unspecified atom stereocenters. The highest BCUT2D eigenvalue weighted by Gasteiger charge is 2.32. The van der Waals surface area contributed by atoms with Crippen LogP contribution in [-0.4, -0.2) is 26.0 Å². The molecule has 4 rings (SSSR count). The van der Waals surface area contributed by atoms with Crippen LogP contribution in [0, 0.1) is 0 Å². The van der Waals surface area contributed by atoms with Gasteiger partial charge >= 0.3 is 12.1 Å². The SMILES string of the molecule is CC(C)c1[nH]c(Nc2ncc(C(F)(F)F)cc2C(=O)O)nc1-c1cccc2ccccc12. The number of anilines is 2. The zero-order valence-corrected chi connectivity index (χ0v) is 17.2. The summed E-state index contributed by atoms with van der Waals surface area (Å²) in [5.41, 5.74) is 0.610. The predicted molar refractivity (Wildman–Crippen MR) is 115 cm³/mol. The average molecular weight is 440 g/mol. The van der Waals surface area contributed by atoms with Gasteiger partial charge in [-0.25, -0.2) is 14.8 Å². The van der Waals surface area contributed by atoms with Gasteiger partial charge in [-0.05, 0) is 22.8 Å². The fraction of sp³-hybridized carbons (Fsp3) is 0.174. The van der Waals surface area contributed by atoms with Crippen LogP contribution in [0.25, 0.3) is 22.0 Å². The van der Waals surface area contributed by atoms with E-state index in [0.717, 1.165) is 22.0 Å². The van der Waals surface area contributed by atoms with Crippen molar-refractivity contribution in [1.29, 1.82) is 0 Å². The van der Waals surface area contributed by atoms with Crippen LogP contribution in [0.2, 0.25) is 0 Å². The molecule has 0 aliphatic rings. The number of carboxylic acids is 1. The van der Waals surface area contributed by atoms with Crippen LogP contribution in [0.5, 0.6) is 0 Å². The molecule has 6 nitrogen and oxygen atoms in total. The summed E-state index contributed by atoms with van der Waals surface area (Å²) in [5.74, 6) is -1.53. The molecule has 0 atom stereocenters. The summed E-state index contributed by atoms with van der Waals surface area (Å²) in [6.45, 7) is 3.95. The monoisotopic (exact) mass is 440 g/mol. The highest BCUT2D eigenvalue weighted by atomic mass is 19.4. The number of nitrogens with one attached hydrogen (secondary N) is 2. The van der Waals surface area contributed by atoms with E-state index in [4.69, 9.17) is 0 Å². The summed E-state index contributed by atoms with van der Waals surface area (Å²) in [5, 5.41) is 14.2. The van der Waals surface area contributed by atoms with Gasteiger partial charge in [0.2, 0.25) is 5.95 Å². The van der Waals surface area contributed by atoms with E-state index in [2.05, 4.69) is 20.3 Å². The van der Waals surface area contributed by atoms with Crippen LogP contribution in [-0.2, 0) is 6.18 Å². The fourth-order valence-corrected chi connectivity index (χ4v) is 3.50. The first-order valence-corrected chi connectivity index (χ1v) is 9.80. The van der Waals surface area contributed by atoms with Gasteiger partial charge in [-0.3, -0.25) is 0 Å². The Labute approximate surface area is 181 Å². The van der Waals surface area contributed by atoms with Crippen LogP contribution in [0.3, 0.4) is 0 Å². The molecule has 0 bridgehead atoms. The molecule has 2 heterocycles. The summed E-state index contributed by atoms with van der Waals surface area (Å²) in [4.78, 5) is 23.0. The summed E-state index contributed by atoms with van der Waals surface area (Å²) in [6.07, 6.45) is -4.11. The zero-order valence-electron chi connectivity index (χ0n) is 17.2. The third-order valence-electron chi connectivity index (χ3n) is 5.04. The summed E-state index contributed by atoms with van der Waals surface area (Å²) >= 11 is 0. The molecule has 2 aromatic heterocycles. The number of H-pyrrole nitrogens is 1. The number of imidazole rings is 1. The van der Waals surface area contributed by atoms with Crippen LogP contribution in [0.1, 0.15) is 41.4 Å². The Morgan fingerprint density at radius 2 is 1.84 bits per heavy atom. The van der Waals surface area contributed by atoms with Crippen LogP contribution >= 0.6 is 0 Å². The van der Waals surface area contributed by atoms with Crippen molar-refractivity contribution in [1.82, 2.24) is 15.0 Å². The lowest BCUT2D eigenvalue weighted by atomic mass is 9.98. The van der Waals surface area contributed by atoms with Crippen LogP contribution in [0.15, 0.2) is 54.7 Å². The minimum absolute atomic E-state index is 0.0477. The van der Waals surface area contributed by atoms with Gasteiger partial charge in [0, 0.05) is 17.5 Å². The molecule has 4 aromatic rings. The van der Waals surface area contributed by atoms with Crippen molar-refractivity contribution in [2.45, 2.75) is 25.9 Å². The Kier molecular flexibility index (Phi) is 5.33. The number of nitrogens with zero attached hydrogens (tertiary/aromatic N) is 2. The molecule has 0 aliphatic heterocycles. The number of carboxylic acid groups (broad SMARTS) is 1. The van der Waals surface area contributed by atoms with Gasteiger partial charge in [-0.2, -0.15) is 13.2 Å². The Morgan fingerprint density at radius 1 is 1.12 bits per heavy atom. The number of pyridine rings is 1. The van der Waals surface area contributed by atoms with Crippen molar-refractivity contribution in [3.8, 4) is 11.3 Å². The van der Waals surface area contributed by atoms with E-state index < -0.39 is 23.3 Å². The van der Waals surface area contributed by atoms with Crippen molar-refractivity contribution in [3.05, 3.63) is 71.5 Å². The number of rotatable bonds is 5. The second-order valence-corrected chi connectivity index (χ2v) is 7.58. The maximum atomic E-state index is 13.0. The number of alkyl halides is 3. The number of halogens is 3. The number of aromatic nitrogens is 3. The number of benzene rings is 2. The number of hydrogen-bond acceptors (Lipinski definition) is 4. The van der Waals surface area contributed by atoms with Gasteiger partial charge < -0.3 is 15.4 Å². The van der Waals surface area contributed by atoms with Gasteiger partial charge in [0.05, 0.1) is 11.3 Å². The van der Waals surface area contributed by atoms with E-state index in [1.54, 1.807) is 0 Å². The standard InChI is InChI=1S/C23H19F3N4O2/c1-12(2)18-19(16-9-5-7-13-6-3-4-8-15(13)16)29-22(28-18)30-20-17(21(31)32)10-14(11-27-20)23(24,25)26/h3-12H,1-2H3,(H,31,32)(H2,27,28,29,30). The van der Waals surface area contributed by atoms with Crippen molar-refractivity contribution in [2.24, 2.45) is 0 Å². The first kappa shape index (κ1) is 21.4. The highest BCUT2D eigenvalue weighted by Crippen LogP contribution is 2.35. The summed E-state index contributed by atoms with van der Waals surface area (Å²) in [6, 6.07) is 14.2. The molecule has 9 heteroatoms. The van der Waals surface area contributed by atoms with E-state index in [9.17, 15) is 23.1 Å². The molecule has 0 fully saturated rings. The molecule has 0 radical (unpaired) electrons. The molecule has 0 spiro atoms. The summed E-state index contributed by atoms with van der Waals surface area (Å²) < 4.78 is 38.9. The Bertz CT molecular complexity index is 1310. The maximum absolute atomic E-state index is 13.0. The quantitative estimate of drug-likeness (QED) is 0.343. The van der Waals surface area contributed by atoms with E-state index in [1.807, 2.05) is 56.3 Å². The molecule has 2 aromatic carbocycles. The lowest BCUT2D eigenvalue weighted by molar-refractivity contribution is -0.137. The Balaban J connectivity index is 1.80. The number of fused-ring (bicyclic) bond motifs is 1. The highest BCUT2D eigenvalue weighted by molar-refractivity contribution is 5.97. The minimum atomic E-state index is -4.70. The lowest BCUT2D eigenvalue weighted by Gasteiger charge is -2.10. The van der Waals surface area contributed by atoms with Crippen LogP contribution < -0.4 is 5.32 Å². The molecule has 0 aliphatic carbocycles. The van der Waals surface area contributed by atoms with Crippen molar-refractivity contribution < 1.29 is 23.1 Å². The smallest absolute Gasteiger partial charge is 0.417 e. The first-order chi connectivity index (χ1) is 15.1. The second kappa shape index (κ2) is 7.99. The number of aromatic amines is 1. The number of hydrogen-bond donors (Lipinski definition) is 3. The average Bonchev–Trinajstić information content (AvgIpc) is 3.16. The molecule has 0 saturated heterocycles. The second-order valence-electron chi connectivity index (χ2n) is 7.58. The number of aromatic carboxylic acids is 1. The van der Waals surface area contributed by atoms with Gasteiger partial charge in [0.1, 0.15) is 11.4 Å². The van der Waals surface area contributed by atoms with E-state index in [0.29, 0.717) is 18.0 Å². The zero-order chi connectivity index (χ0) is 23.0. The molecule has 32 heavy (non-hydrogen) atoms. The van der Waals surface area contributed by atoms with Crippen molar-refractivity contribution in [3.63, 3.8) is 0 Å². The topological polar surface area (TPSA) is 90.9 Å². The summed E-state index contributed by atoms with van der Waals surface area (Å²) in [7, 11) is 0. The van der Waals surface area contributed by atoms with Gasteiger partial charge in [0.25, 0.3) is 0 Å². The molecule has 164 valence electrons. The fourth-order valence-electron chi connectivity index (χ4n) is 3.50. The van der Waals surface area contributed by atoms with Gasteiger partial charge in [0.15, 0.2) is 0 Å². The molecular weight excluding hydrogens is 421 g/mol. The molecular formula is C23H19F3N4O2. The normalized spacial score (nSPS) is 11.8. The van der Waals surface area contributed by atoms with Crippen molar-refractivity contribution >= 4 is 28.5 Å². The minimum Gasteiger partial charge on any atom is -0.478 e. The van der Waals surface area contributed by atoms with Gasteiger partial charge in [-0.15, -0.1) is 0 Å². The van der Waals surface area contributed by atoms with Crippen molar-refractivity contribution in [2.75, 3.05) is 5.32 Å². The molecule has 0 amide bonds. The van der Waals surface area contributed by atoms with E-state index in [-0.39, 0.29) is 17.7 Å². The Hall–Kier alpha value is -3.88. The third-order valence-corrected chi connectivity index (χ3v) is 5.04. The van der Waals surface area contributed by atoms with E-state index in [1.165, 1.54) is 0 Å². The van der Waals surface area contributed by atoms with E-state index >= 15 is 0 Å². The number of carbonyl (C=O) groups is 1. The maximum Gasteiger partial charge on any atom is 0.417 e. The Morgan fingerprint density at radius 3 is 2.53 bits per heavy atom. The van der Waals surface area contributed by atoms with Crippen LogP contribution in [0.4, 0.5) is 24.9 Å². The molecule has 0 saturated carbocycles. The van der Waals surface area contributed by atoms with Gasteiger partial charge in [-0.1, -0.05) is 56.3 Å².